The fraction of sp³-hybridized carbons (Fsp3) is 0.917. The van der Waals surface area contributed by atoms with Gasteiger partial charge in [-0.05, 0) is 33.7 Å². The number of nitrogens with zero attached hydrogens (tertiary/aromatic N) is 2. The van der Waals surface area contributed by atoms with Gasteiger partial charge in [0.15, 0.2) is 0 Å². The minimum atomic E-state index is 0.628. The highest BCUT2D eigenvalue weighted by Gasteiger charge is 2.05. The van der Waals surface area contributed by atoms with Gasteiger partial charge < -0.3 is 10.2 Å². The Bertz CT molecular complexity index is 199. The fourth-order valence-corrected chi connectivity index (χ4v) is 1.65. The summed E-state index contributed by atoms with van der Waals surface area (Å²) in [6.07, 6.45) is 5.04. The van der Waals surface area contributed by atoms with Crippen LogP contribution in [-0.4, -0.2) is 43.5 Å². The molecule has 3 heteroatoms. The predicted octanol–water partition coefficient (Wildman–Crippen LogP) is 1.89. The average molecular weight is 211 g/mol. The Balaban J connectivity index is 2.16. The fourth-order valence-electron chi connectivity index (χ4n) is 1.65. The summed E-state index contributed by atoms with van der Waals surface area (Å²) in [4.78, 5) is 6.90. The third-order valence-electron chi connectivity index (χ3n) is 3.05. The molecule has 0 aliphatic carbocycles. The number of nitrogens with one attached hydrogen (secondary N) is 1. The van der Waals surface area contributed by atoms with Crippen molar-refractivity contribution in [1.82, 2.24) is 10.2 Å². The molecule has 1 aliphatic rings. The second-order valence-corrected chi connectivity index (χ2v) is 4.64. The van der Waals surface area contributed by atoms with Crippen LogP contribution < -0.4 is 5.32 Å². The van der Waals surface area contributed by atoms with E-state index in [9.17, 15) is 0 Å². The highest BCUT2D eigenvalue weighted by molar-refractivity contribution is 5.82. The molecular formula is C12H25N3. The number of hydrogen-bond acceptors (Lipinski definition) is 3. The van der Waals surface area contributed by atoms with E-state index in [0.717, 1.165) is 26.1 Å². The third-order valence-corrected chi connectivity index (χ3v) is 3.05. The maximum atomic E-state index is 4.55. The Morgan fingerprint density at radius 2 is 2.13 bits per heavy atom. The molecule has 3 nitrogen and oxygen atoms in total. The van der Waals surface area contributed by atoms with Crippen molar-refractivity contribution < 1.29 is 0 Å². The Morgan fingerprint density at radius 3 is 2.87 bits per heavy atom. The van der Waals surface area contributed by atoms with Crippen LogP contribution in [0.25, 0.3) is 0 Å². The Hall–Kier alpha value is -0.570. The average Bonchev–Trinajstić information content (AvgIpc) is 2.46. The number of rotatable bonds is 4. The molecule has 15 heavy (non-hydrogen) atoms. The topological polar surface area (TPSA) is 27.6 Å². The molecule has 0 aromatic rings. The lowest BCUT2D eigenvalue weighted by molar-refractivity contribution is 0.278. The molecule has 1 heterocycles. The first-order valence-corrected chi connectivity index (χ1v) is 6.17. The summed E-state index contributed by atoms with van der Waals surface area (Å²) in [7, 11) is 2.17. The first-order chi connectivity index (χ1) is 7.20. The second-order valence-electron chi connectivity index (χ2n) is 4.64. The highest BCUT2D eigenvalue weighted by atomic mass is 15.1. The van der Waals surface area contributed by atoms with E-state index in [1.165, 1.54) is 25.1 Å². The van der Waals surface area contributed by atoms with Crippen LogP contribution in [0.15, 0.2) is 4.99 Å². The molecule has 0 radical (unpaired) electrons. The highest BCUT2D eigenvalue weighted by Crippen LogP contribution is 2.05. The molecule has 1 N–H and O–H groups in total. The quantitative estimate of drug-likeness (QED) is 0.769. The Morgan fingerprint density at radius 1 is 1.33 bits per heavy atom. The van der Waals surface area contributed by atoms with E-state index in [0.29, 0.717) is 6.04 Å². The Kier molecular flexibility index (Phi) is 5.69. The molecule has 0 saturated carbocycles. The standard InChI is InChI=1S/C12H25N3/c1-11(2)15(3)10-9-14-12-7-5-4-6-8-13-12/h11H,4-10H2,1-3H3,(H,13,14). The largest absolute Gasteiger partial charge is 0.373 e. The van der Waals surface area contributed by atoms with E-state index >= 15 is 0 Å². The van der Waals surface area contributed by atoms with Crippen LogP contribution in [-0.2, 0) is 0 Å². The second kappa shape index (κ2) is 6.83. The van der Waals surface area contributed by atoms with Gasteiger partial charge in [0.05, 0.1) is 5.84 Å². The molecule has 0 bridgehead atoms. The number of likely N-dealkylation sites (N-methyl/N-ethyl adjacent to an activating group) is 1. The van der Waals surface area contributed by atoms with Gasteiger partial charge in [0.1, 0.15) is 0 Å². The lowest BCUT2D eigenvalue weighted by Gasteiger charge is -2.21. The summed E-state index contributed by atoms with van der Waals surface area (Å²) >= 11 is 0. The summed E-state index contributed by atoms with van der Waals surface area (Å²) < 4.78 is 0. The maximum Gasteiger partial charge on any atom is 0.0963 e. The molecular weight excluding hydrogens is 186 g/mol. The van der Waals surface area contributed by atoms with Crippen LogP contribution >= 0.6 is 0 Å². The molecule has 88 valence electrons. The van der Waals surface area contributed by atoms with Gasteiger partial charge in [-0.25, -0.2) is 0 Å². The zero-order valence-corrected chi connectivity index (χ0v) is 10.4. The van der Waals surface area contributed by atoms with Crippen molar-refractivity contribution in [2.75, 3.05) is 26.7 Å². The maximum absolute atomic E-state index is 4.55. The SMILES string of the molecule is CC(C)N(C)CCNC1=NCCCCC1. The van der Waals surface area contributed by atoms with Crippen molar-refractivity contribution in [2.24, 2.45) is 4.99 Å². The van der Waals surface area contributed by atoms with Gasteiger partial charge in [-0.15, -0.1) is 0 Å². The zero-order chi connectivity index (χ0) is 11.1. The third kappa shape index (κ3) is 5.17. The van der Waals surface area contributed by atoms with E-state index < -0.39 is 0 Å². The first kappa shape index (κ1) is 12.5. The van der Waals surface area contributed by atoms with Crippen LogP contribution in [0.4, 0.5) is 0 Å². The monoisotopic (exact) mass is 211 g/mol. The van der Waals surface area contributed by atoms with Crippen molar-refractivity contribution in [2.45, 2.75) is 45.6 Å². The Labute approximate surface area is 94.0 Å². The van der Waals surface area contributed by atoms with Crippen molar-refractivity contribution in [3.05, 3.63) is 0 Å². The van der Waals surface area contributed by atoms with Gasteiger partial charge in [-0.3, -0.25) is 4.99 Å². The van der Waals surface area contributed by atoms with Crippen LogP contribution in [0.5, 0.6) is 0 Å². The van der Waals surface area contributed by atoms with E-state index in [1.54, 1.807) is 0 Å². The molecule has 0 amide bonds. The van der Waals surface area contributed by atoms with Gasteiger partial charge >= 0.3 is 0 Å². The van der Waals surface area contributed by atoms with E-state index in [-0.39, 0.29) is 0 Å². The molecule has 1 rings (SSSR count). The molecule has 0 saturated heterocycles. The smallest absolute Gasteiger partial charge is 0.0963 e. The lowest BCUT2D eigenvalue weighted by atomic mass is 10.2. The molecule has 0 aromatic carbocycles. The van der Waals surface area contributed by atoms with Gasteiger partial charge in [0.25, 0.3) is 0 Å². The summed E-state index contributed by atoms with van der Waals surface area (Å²) in [5.74, 6) is 1.23. The van der Waals surface area contributed by atoms with Crippen LogP contribution in [0.1, 0.15) is 39.5 Å². The molecule has 0 unspecified atom stereocenters. The summed E-state index contributed by atoms with van der Waals surface area (Å²) in [5, 5.41) is 3.46. The summed E-state index contributed by atoms with van der Waals surface area (Å²) in [5.41, 5.74) is 0. The number of aliphatic imine (C=N–C) groups is 1. The zero-order valence-electron chi connectivity index (χ0n) is 10.4. The van der Waals surface area contributed by atoms with Gasteiger partial charge in [-0.2, -0.15) is 0 Å². The van der Waals surface area contributed by atoms with Gasteiger partial charge in [-0.1, -0.05) is 6.42 Å². The molecule has 0 fully saturated rings. The summed E-state index contributed by atoms with van der Waals surface area (Å²) in [6.45, 7) is 7.58. The van der Waals surface area contributed by atoms with Gasteiger partial charge in [0, 0.05) is 32.1 Å². The van der Waals surface area contributed by atoms with Crippen LogP contribution in [0, 0.1) is 0 Å². The minimum absolute atomic E-state index is 0.628. The molecule has 0 aromatic heterocycles. The van der Waals surface area contributed by atoms with Crippen molar-refractivity contribution >= 4 is 5.84 Å². The van der Waals surface area contributed by atoms with Crippen molar-refractivity contribution in [1.29, 1.82) is 0 Å². The molecule has 1 aliphatic heterocycles. The normalized spacial score (nSPS) is 17.8. The van der Waals surface area contributed by atoms with E-state index in [2.05, 4.69) is 36.1 Å². The van der Waals surface area contributed by atoms with Crippen molar-refractivity contribution in [3.8, 4) is 0 Å². The minimum Gasteiger partial charge on any atom is -0.373 e. The number of amidine groups is 1. The predicted molar refractivity (Wildman–Crippen MR) is 66.5 cm³/mol. The van der Waals surface area contributed by atoms with Gasteiger partial charge in [0.2, 0.25) is 0 Å². The molecule has 0 spiro atoms. The first-order valence-electron chi connectivity index (χ1n) is 6.17. The lowest BCUT2D eigenvalue weighted by Crippen LogP contribution is -2.36. The van der Waals surface area contributed by atoms with Crippen molar-refractivity contribution in [3.63, 3.8) is 0 Å². The number of hydrogen-bond donors (Lipinski definition) is 1. The van der Waals surface area contributed by atoms with E-state index in [1.807, 2.05) is 0 Å². The van der Waals surface area contributed by atoms with E-state index in [4.69, 9.17) is 0 Å². The molecule has 0 atom stereocenters. The van der Waals surface area contributed by atoms with Crippen LogP contribution in [0.3, 0.4) is 0 Å². The summed E-state index contributed by atoms with van der Waals surface area (Å²) in [6, 6.07) is 0.628. The van der Waals surface area contributed by atoms with Crippen LogP contribution in [0.2, 0.25) is 0 Å².